The second-order valence-corrected chi connectivity index (χ2v) is 7.99. The number of allylic oxidation sites excluding steroid dienone is 1. The summed E-state index contributed by atoms with van der Waals surface area (Å²) in [4.78, 5) is 27.7. The molecule has 4 rings (SSSR count). The van der Waals surface area contributed by atoms with Gasteiger partial charge in [0.2, 0.25) is 0 Å². The zero-order valence-corrected chi connectivity index (χ0v) is 19.7. The molecular formula is C27H25FN2O4. The number of benzene rings is 2. The van der Waals surface area contributed by atoms with Crippen molar-refractivity contribution in [3.05, 3.63) is 94.2 Å². The fraction of sp³-hybridized carbons (Fsp3) is 0.185. The second-order valence-electron chi connectivity index (χ2n) is 7.99. The van der Waals surface area contributed by atoms with Crippen molar-refractivity contribution < 1.29 is 23.5 Å². The normalized spacial score (nSPS) is 14.8. The summed E-state index contributed by atoms with van der Waals surface area (Å²) in [5, 5.41) is 0. The number of carbonyl (C=O) groups is 2. The number of nitrogens with zero attached hydrogens (tertiary/aromatic N) is 2. The van der Waals surface area contributed by atoms with E-state index in [0.717, 1.165) is 22.6 Å². The van der Waals surface area contributed by atoms with Crippen LogP contribution in [0.4, 0.5) is 10.1 Å². The largest absolute Gasteiger partial charge is 0.497 e. The minimum Gasteiger partial charge on any atom is -0.497 e. The molecule has 2 heterocycles. The standard InChI is InChI=1S/C27H25FN2O4/c1-16-14-19(17(2)29(16)21-8-6-20(28)7-9-21)15-24-25(27(32)34-5)18(3)30(26(24)31)22-10-12-23(33-4)13-11-22/h6-15H,1-5H3/b24-15-. The van der Waals surface area contributed by atoms with Crippen LogP contribution in [-0.2, 0) is 14.3 Å². The van der Waals surface area contributed by atoms with E-state index in [9.17, 15) is 14.0 Å². The van der Waals surface area contributed by atoms with Crippen LogP contribution in [0.3, 0.4) is 0 Å². The van der Waals surface area contributed by atoms with Crippen molar-refractivity contribution in [2.45, 2.75) is 20.8 Å². The smallest absolute Gasteiger partial charge is 0.340 e. The Labute approximate surface area is 197 Å². The van der Waals surface area contributed by atoms with Crippen molar-refractivity contribution in [2.24, 2.45) is 0 Å². The Bertz CT molecular complexity index is 1330. The third-order valence-corrected chi connectivity index (χ3v) is 5.98. The van der Waals surface area contributed by atoms with Gasteiger partial charge in [0.05, 0.1) is 25.4 Å². The molecule has 0 spiro atoms. The summed E-state index contributed by atoms with van der Waals surface area (Å²) in [7, 11) is 2.86. The monoisotopic (exact) mass is 460 g/mol. The molecule has 6 nitrogen and oxygen atoms in total. The molecule has 7 heteroatoms. The zero-order valence-electron chi connectivity index (χ0n) is 19.7. The summed E-state index contributed by atoms with van der Waals surface area (Å²) in [6.07, 6.45) is 1.71. The number of rotatable bonds is 5. The molecule has 174 valence electrons. The molecule has 0 bridgehead atoms. The summed E-state index contributed by atoms with van der Waals surface area (Å²) in [5.41, 5.74) is 4.91. The molecule has 0 atom stereocenters. The van der Waals surface area contributed by atoms with Gasteiger partial charge in [-0.3, -0.25) is 9.69 Å². The topological polar surface area (TPSA) is 60.8 Å². The molecule has 0 N–H and O–H groups in total. The number of methoxy groups -OCH3 is 2. The highest BCUT2D eigenvalue weighted by molar-refractivity contribution is 6.23. The fourth-order valence-electron chi connectivity index (χ4n) is 4.30. The Balaban J connectivity index is 1.82. The van der Waals surface area contributed by atoms with Crippen molar-refractivity contribution in [3.8, 4) is 11.4 Å². The second kappa shape index (κ2) is 9.02. The van der Waals surface area contributed by atoms with Crippen molar-refractivity contribution in [2.75, 3.05) is 19.1 Å². The third-order valence-electron chi connectivity index (χ3n) is 5.98. The van der Waals surface area contributed by atoms with Gasteiger partial charge in [0.1, 0.15) is 11.6 Å². The summed E-state index contributed by atoms with van der Waals surface area (Å²) in [5.74, 6) is -0.559. The molecule has 2 aromatic carbocycles. The highest BCUT2D eigenvalue weighted by Gasteiger charge is 2.38. The van der Waals surface area contributed by atoms with E-state index in [1.54, 1.807) is 56.5 Å². The average Bonchev–Trinajstić information content (AvgIpc) is 3.25. The van der Waals surface area contributed by atoms with Gasteiger partial charge in [0.15, 0.2) is 0 Å². The molecule has 1 aromatic heterocycles. The number of aryl methyl sites for hydroxylation is 1. The van der Waals surface area contributed by atoms with Crippen LogP contribution >= 0.6 is 0 Å². The lowest BCUT2D eigenvalue weighted by Gasteiger charge is -2.18. The first-order valence-corrected chi connectivity index (χ1v) is 10.7. The molecule has 0 fully saturated rings. The minimum absolute atomic E-state index is 0.218. The number of hydrogen-bond acceptors (Lipinski definition) is 4. The lowest BCUT2D eigenvalue weighted by Crippen LogP contribution is -2.24. The predicted molar refractivity (Wildman–Crippen MR) is 128 cm³/mol. The summed E-state index contributed by atoms with van der Waals surface area (Å²) in [6.45, 7) is 5.57. The number of halogens is 1. The maximum absolute atomic E-state index is 13.5. The first-order chi connectivity index (χ1) is 16.3. The number of anilines is 1. The molecule has 1 aliphatic heterocycles. The van der Waals surface area contributed by atoms with Gasteiger partial charge < -0.3 is 14.0 Å². The maximum atomic E-state index is 13.5. The van der Waals surface area contributed by atoms with Gasteiger partial charge in [-0.1, -0.05) is 0 Å². The predicted octanol–water partition coefficient (Wildman–Crippen LogP) is 5.12. The lowest BCUT2D eigenvalue weighted by molar-refractivity contribution is -0.136. The quantitative estimate of drug-likeness (QED) is 0.392. The average molecular weight is 461 g/mol. The fourth-order valence-corrected chi connectivity index (χ4v) is 4.30. The number of ether oxygens (including phenoxy) is 2. The Morgan fingerprint density at radius 1 is 0.941 bits per heavy atom. The molecule has 0 radical (unpaired) electrons. The van der Waals surface area contributed by atoms with Crippen LogP contribution in [-0.4, -0.2) is 30.7 Å². The number of amides is 1. The van der Waals surface area contributed by atoms with Crippen LogP contribution < -0.4 is 9.64 Å². The van der Waals surface area contributed by atoms with E-state index < -0.39 is 5.97 Å². The van der Waals surface area contributed by atoms with Crippen LogP contribution in [0.5, 0.6) is 5.75 Å². The molecule has 1 amide bonds. The molecule has 1 aliphatic rings. The van der Waals surface area contributed by atoms with E-state index in [4.69, 9.17) is 9.47 Å². The van der Waals surface area contributed by atoms with Crippen LogP contribution in [0.25, 0.3) is 11.8 Å². The summed E-state index contributed by atoms with van der Waals surface area (Å²) >= 11 is 0. The first kappa shape index (κ1) is 23.0. The number of aromatic nitrogens is 1. The SMILES string of the molecule is COC(=O)C1=C(C)N(c2ccc(OC)cc2)C(=O)/C1=C\c1cc(C)n(-c2ccc(F)cc2)c1C. The minimum atomic E-state index is -0.583. The maximum Gasteiger partial charge on any atom is 0.340 e. The van der Waals surface area contributed by atoms with Gasteiger partial charge in [0, 0.05) is 28.5 Å². The molecule has 0 saturated carbocycles. The molecule has 34 heavy (non-hydrogen) atoms. The van der Waals surface area contributed by atoms with Gasteiger partial charge in [-0.25, -0.2) is 9.18 Å². The molecule has 0 aliphatic carbocycles. The Morgan fingerprint density at radius 2 is 1.56 bits per heavy atom. The van der Waals surface area contributed by atoms with E-state index in [-0.39, 0.29) is 22.9 Å². The molecule has 3 aromatic rings. The van der Waals surface area contributed by atoms with Gasteiger partial charge in [-0.2, -0.15) is 0 Å². The molecular weight excluding hydrogens is 435 g/mol. The summed E-state index contributed by atoms with van der Waals surface area (Å²) in [6, 6.07) is 15.2. The highest BCUT2D eigenvalue weighted by Crippen LogP contribution is 2.36. The molecule has 0 unspecified atom stereocenters. The van der Waals surface area contributed by atoms with E-state index >= 15 is 0 Å². The van der Waals surface area contributed by atoms with Crippen LogP contribution in [0, 0.1) is 19.7 Å². The van der Waals surface area contributed by atoms with Crippen LogP contribution in [0.2, 0.25) is 0 Å². The van der Waals surface area contributed by atoms with Gasteiger partial charge in [0.25, 0.3) is 5.91 Å². The van der Waals surface area contributed by atoms with Crippen molar-refractivity contribution in [1.82, 2.24) is 4.57 Å². The van der Waals surface area contributed by atoms with E-state index in [0.29, 0.717) is 17.1 Å². The molecule has 0 saturated heterocycles. The Hall–Kier alpha value is -4.13. The van der Waals surface area contributed by atoms with Gasteiger partial charge in [-0.15, -0.1) is 0 Å². The Morgan fingerprint density at radius 3 is 2.15 bits per heavy atom. The summed E-state index contributed by atoms with van der Waals surface area (Å²) < 4.78 is 25.6. The third kappa shape index (κ3) is 3.90. The Kier molecular flexibility index (Phi) is 6.11. The van der Waals surface area contributed by atoms with Crippen LogP contribution in [0.15, 0.2) is 71.4 Å². The van der Waals surface area contributed by atoms with E-state index in [1.807, 2.05) is 24.5 Å². The van der Waals surface area contributed by atoms with Crippen molar-refractivity contribution >= 4 is 23.6 Å². The van der Waals surface area contributed by atoms with Crippen molar-refractivity contribution in [1.29, 1.82) is 0 Å². The van der Waals surface area contributed by atoms with Crippen LogP contribution in [0.1, 0.15) is 23.9 Å². The number of esters is 1. The van der Waals surface area contributed by atoms with E-state index in [1.165, 1.54) is 24.1 Å². The van der Waals surface area contributed by atoms with Gasteiger partial charge >= 0.3 is 5.97 Å². The number of hydrogen-bond donors (Lipinski definition) is 0. The lowest BCUT2D eigenvalue weighted by atomic mass is 10.0. The highest BCUT2D eigenvalue weighted by atomic mass is 19.1. The van der Waals surface area contributed by atoms with Gasteiger partial charge in [-0.05, 0) is 87.0 Å². The van der Waals surface area contributed by atoms with Crippen molar-refractivity contribution in [3.63, 3.8) is 0 Å². The number of carbonyl (C=O) groups excluding carboxylic acids is 2. The van der Waals surface area contributed by atoms with E-state index in [2.05, 4.69) is 0 Å². The first-order valence-electron chi connectivity index (χ1n) is 10.7. The zero-order chi connectivity index (χ0) is 24.6.